The van der Waals surface area contributed by atoms with Crippen LogP contribution in [0.1, 0.15) is 29.5 Å². The van der Waals surface area contributed by atoms with Gasteiger partial charge >= 0.3 is 0 Å². The first-order chi connectivity index (χ1) is 12.6. The number of hydrogen-bond donors (Lipinski definition) is 1. The predicted molar refractivity (Wildman–Crippen MR) is 110 cm³/mol. The first kappa shape index (κ1) is 17.4. The third-order valence-corrected chi connectivity index (χ3v) is 5.74. The summed E-state index contributed by atoms with van der Waals surface area (Å²) < 4.78 is 2.03. The lowest BCUT2D eigenvalue weighted by molar-refractivity contribution is 0.779. The van der Waals surface area contributed by atoms with Gasteiger partial charge in [0.25, 0.3) is 0 Å². The Bertz CT molecular complexity index is 976. The van der Waals surface area contributed by atoms with Gasteiger partial charge in [-0.15, -0.1) is 0 Å². The summed E-state index contributed by atoms with van der Waals surface area (Å²) in [6, 6.07) is 12.2. The van der Waals surface area contributed by atoms with E-state index in [4.69, 9.17) is 28.3 Å². The lowest BCUT2D eigenvalue weighted by atomic mass is 10.0. The van der Waals surface area contributed by atoms with Crippen molar-refractivity contribution >= 4 is 29.0 Å². The Morgan fingerprint density at radius 2 is 1.92 bits per heavy atom. The minimum atomic E-state index is 0.556. The maximum Gasteiger partial charge on any atom is 0.133 e. The third kappa shape index (κ3) is 3.00. The number of halogens is 2. The molecular weight excluding hydrogens is 365 g/mol. The number of benzene rings is 2. The van der Waals surface area contributed by atoms with E-state index in [1.807, 2.05) is 22.9 Å². The van der Waals surface area contributed by atoms with E-state index in [0.29, 0.717) is 10.0 Å². The number of rotatable bonds is 2. The maximum absolute atomic E-state index is 6.52. The number of anilines is 1. The molecule has 0 amide bonds. The standard InChI is InChI=1S/C21H21Cl2N3/c1-13-9-10-18(14(2)12-13)26-21-16(6-3-4-11-24-21)20(25-26)15-7-5-8-17(22)19(15)23/h5,7-10,12,24H,3-4,6,11H2,1-2H3. The predicted octanol–water partition coefficient (Wildman–Crippen LogP) is 6.21. The van der Waals surface area contributed by atoms with Crippen LogP contribution in [0.5, 0.6) is 0 Å². The monoisotopic (exact) mass is 385 g/mol. The topological polar surface area (TPSA) is 29.9 Å². The normalized spacial score (nSPS) is 13.8. The quantitative estimate of drug-likeness (QED) is 0.567. The Balaban J connectivity index is 1.96. The van der Waals surface area contributed by atoms with Gasteiger partial charge in [0.2, 0.25) is 0 Å². The van der Waals surface area contributed by atoms with E-state index in [-0.39, 0.29) is 0 Å². The van der Waals surface area contributed by atoms with Gasteiger partial charge in [0.15, 0.2) is 0 Å². The molecular formula is C21H21Cl2N3. The molecule has 2 heterocycles. The highest BCUT2D eigenvalue weighted by atomic mass is 35.5. The van der Waals surface area contributed by atoms with Crippen LogP contribution in [0.15, 0.2) is 36.4 Å². The number of aromatic nitrogens is 2. The third-order valence-electron chi connectivity index (χ3n) is 4.92. The van der Waals surface area contributed by atoms with E-state index in [9.17, 15) is 0 Å². The fraction of sp³-hybridized carbons (Fsp3) is 0.286. The number of nitrogens with one attached hydrogen (secondary N) is 1. The Kier molecular flexibility index (Phi) is 4.68. The van der Waals surface area contributed by atoms with Crippen LogP contribution in [0.25, 0.3) is 16.9 Å². The number of fused-ring (bicyclic) bond motifs is 1. The fourth-order valence-corrected chi connectivity index (χ4v) is 4.01. The molecule has 0 aliphatic carbocycles. The minimum absolute atomic E-state index is 0.556. The van der Waals surface area contributed by atoms with Crippen molar-refractivity contribution in [3.05, 3.63) is 63.1 Å². The highest BCUT2D eigenvalue weighted by molar-refractivity contribution is 6.43. The van der Waals surface area contributed by atoms with Crippen molar-refractivity contribution in [2.45, 2.75) is 33.1 Å². The lowest BCUT2D eigenvalue weighted by Crippen LogP contribution is -2.08. The summed E-state index contributed by atoms with van der Waals surface area (Å²) in [5, 5.41) is 9.68. The summed E-state index contributed by atoms with van der Waals surface area (Å²) in [5.41, 5.74) is 6.56. The van der Waals surface area contributed by atoms with Gasteiger partial charge in [0.05, 0.1) is 21.4 Å². The van der Waals surface area contributed by atoms with Crippen LogP contribution in [-0.2, 0) is 6.42 Å². The molecule has 0 atom stereocenters. The van der Waals surface area contributed by atoms with Gasteiger partial charge in [-0.3, -0.25) is 0 Å². The van der Waals surface area contributed by atoms with Crippen LogP contribution in [-0.4, -0.2) is 16.3 Å². The summed E-state index contributed by atoms with van der Waals surface area (Å²) in [5.74, 6) is 1.07. The summed E-state index contributed by atoms with van der Waals surface area (Å²) in [4.78, 5) is 0. The molecule has 134 valence electrons. The second kappa shape index (κ2) is 6.98. The Morgan fingerprint density at radius 1 is 1.08 bits per heavy atom. The molecule has 2 aromatic carbocycles. The smallest absolute Gasteiger partial charge is 0.133 e. The largest absolute Gasteiger partial charge is 0.370 e. The summed E-state index contributed by atoms with van der Waals surface area (Å²) in [6.07, 6.45) is 3.25. The van der Waals surface area contributed by atoms with E-state index >= 15 is 0 Å². The first-order valence-corrected chi connectivity index (χ1v) is 9.69. The first-order valence-electron chi connectivity index (χ1n) is 8.94. The number of nitrogens with zero attached hydrogens (tertiary/aromatic N) is 2. The van der Waals surface area contributed by atoms with Gasteiger partial charge in [-0.2, -0.15) is 5.10 Å². The van der Waals surface area contributed by atoms with Crippen molar-refractivity contribution in [2.24, 2.45) is 0 Å². The molecule has 1 N–H and O–H groups in total. The molecule has 0 bridgehead atoms. The zero-order chi connectivity index (χ0) is 18.3. The van der Waals surface area contributed by atoms with Crippen LogP contribution < -0.4 is 5.32 Å². The molecule has 5 heteroatoms. The number of aryl methyl sites for hydroxylation is 2. The van der Waals surface area contributed by atoms with Crippen molar-refractivity contribution in [3.63, 3.8) is 0 Å². The molecule has 1 aromatic heterocycles. The van der Waals surface area contributed by atoms with Crippen molar-refractivity contribution in [2.75, 3.05) is 11.9 Å². The van der Waals surface area contributed by atoms with Crippen molar-refractivity contribution in [1.29, 1.82) is 0 Å². The van der Waals surface area contributed by atoms with E-state index in [2.05, 4.69) is 37.4 Å². The molecule has 0 unspecified atom stereocenters. The van der Waals surface area contributed by atoms with E-state index in [1.54, 1.807) is 0 Å². The van der Waals surface area contributed by atoms with Gasteiger partial charge < -0.3 is 5.32 Å². The summed E-state index contributed by atoms with van der Waals surface area (Å²) >= 11 is 12.8. The molecule has 1 aliphatic heterocycles. The number of hydrogen-bond acceptors (Lipinski definition) is 2. The van der Waals surface area contributed by atoms with Crippen molar-refractivity contribution in [3.8, 4) is 16.9 Å². The van der Waals surface area contributed by atoms with Crippen LogP contribution >= 0.6 is 23.2 Å². The average molecular weight is 386 g/mol. The molecule has 0 radical (unpaired) electrons. The van der Waals surface area contributed by atoms with Crippen molar-refractivity contribution in [1.82, 2.24) is 9.78 Å². The molecule has 3 nitrogen and oxygen atoms in total. The molecule has 0 saturated heterocycles. The molecule has 0 fully saturated rings. The Hall–Kier alpha value is -1.97. The maximum atomic E-state index is 6.52. The van der Waals surface area contributed by atoms with Crippen LogP contribution in [0.3, 0.4) is 0 Å². The second-order valence-electron chi connectivity index (χ2n) is 6.86. The van der Waals surface area contributed by atoms with Gasteiger partial charge in [-0.1, -0.05) is 53.0 Å². The fourth-order valence-electron chi connectivity index (χ4n) is 3.62. The SMILES string of the molecule is Cc1ccc(-n2nc(-c3cccc(Cl)c3Cl)c3c2NCCCC3)c(C)c1. The zero-order valence-corrected chi connectivity index (χ0v) is 16.5. The van der Waals surface area contributed by atoms with Gasteiger partial charge in [0, 0.05) is 17.7 Å². The summed E-state index contributed by atoms with van der Waals surface area (Å²) in [6.45, 7) is 5.18. The molecule has 4 rings (SSSR count). The van der Waals surface area contributed by atoms with Crippen LogP contribution in [0.2, 0.25) is 10.0 Å². The second-order valence-corrected chi connectivity index (χ2v) is 7.65. The van der Waals surface area contributed by atoms with E-state index in [0.717, 1.165) is 48.6 Å². The van der Waals surface area contributed by atoms with Crippen LogP contribution in [0, 0.1) is 13.8 Å². The van der Waals surface area contributed by atoms with E-state index < -0.39 is 0 Å². The van der Waals surface area contributed by atoms with Crippen LogP contribution in [0.4, 0.5) is 5.82 Å². The van der Waals surface area contributed by atoms with Gasteiger partial charge in [-0.05, 0) is 50.8 Å². The summed E-state index contributed by atoms with van der Waals surface area (Å²) in [7, 11) is 0. The molecule has 0 spiro atoms. The molecule has 0 saturated carbocycles. The molecule has 1 aliphatic rings. The minimum Gasteiger partial charge on any atom is -0.370 e. The molecule has 26 heavy (non-hydrogen) atoms. The average Bonchev–Trinajstić information content (AvgIpc) is 2.79. The van der Waals surface area contributed by atoms with Gasteiger partial charge in [-0.25, -0.2) is 4.68 Å². The zero-order valence-electron chi connectivity index (χ0n) is 14.9. The van der Waals surface area contributed by atoms with Crippen molar-refractivity contribution < 1.29 is 0 Å². The highest BCUT2D eigenvalue weighted by Crippen LogP contribution is 2.39. The lowest BCUT2D eigenvalue weighted by Gasteiger charge is -2.12. The van der Waals surface area contributed by atoms with Gasteiger partial charge in [0.1, 0.15) is 5.82 Å². The van der Waals surface area contributed by atoms with E-state index in [1.165, 1.54) is 16.7 Å². The Labute approximate surface area is 163 Å². The Morgan fingerprint density at radius 3 is 2.73 bits per heavy atom. The highest BCUT2D eigenvalue weighted by Gasteiger charge is 2.24. The molecule has 3 aromatic rings.